The molecule has 0 saturated carbocycles. The van der Waals surface area contributed by atoms with Crippen LogP contribution in [0.2, 0.25) is 0 Å². The second kappa shape index (κ2) is 4.56. The normalized spacial score (nSPS) is 15.3. The summed E-state index contributed by atoms with van der Waals surface area (Å²) in [6, 6.07) is 0. The summed E-state index contributed by atoms with van der Waals surface area (Å²) in [4.78, 5) is 11.3. The summed E-state index contributed by atoms with van der Waals surface area (Å²) in [6.07, 6.45) is -2.22. The van der Waals surface area contributed by atoms with Crippen LogP contribution < -0.4 is 4.74 Å². The SMILES string of the molecule is O=C(O)N1CC(Oc2c(F)c(F)c(F)c(F)c2F)C1. The molecule has 19 heavy (non-hydrogen) atoms. The molecule has 0 spiro atoms. The molecule has 0 unspecified atom stereocenters. The van der Waals surface area contributed by atoms with E-state index in [0.29, 0.717) is 0 Å². The first kappa shape index (κ1) is 13.4. The van der Waals surface area contributed by atoms with E-state index in [-0.39, 0.29) is 13.1 Å². The summed E-state index contributed by atoms with van der Waals surface area (Å²) in [6.45, 7) is -0.427. The Hall–Kier alpha value is -2.06. The van der Waals surface area contributed by atoms with Gasteiger partial charge in [-0.3, -0.25) is 0 Å². The molecule has 2 rings (SSSR count). The van der Waals surface area contributed by atoms with Gasteiger partial charge < -0.3 is 14.7 Å². The van der Waals surface area contributed by atoms with E-state index in [9.17, 15) is 26.7 Å². The van der Waals surface area contributed by atoms with Gasteiger partial charge in [0.25, 0.3) is 0 Å². The van der Waals surface area contributed by atoms with Crippen molar-refractivity contribution in [3.05, 3.63) is 29.1 Å². The number of hydrogen-bond donors (Lipinski definition) is 1. The molecule has 0 aliphatic carbocycles. The summed E-state index contributed by atoms with van der Waals surface area (Å²) < 4.78 is 69.4. The van der Waals surface area contributed by atoms with Gasteiger partial charge in [0.15, 0.2) is 5.75 Å². The van der Waals surface area contributed by atoms with Crippen LogP contribution in [0.5, 0.6) is 5.75 Å². The molecule has 0 radical (unpaired) electrons. The van der Waals surface area contributed by atoms with Gasteiger partial charge in [0.05, 0.1) is 13.1 Å². The Morgan fingerprint density at radius 3 is 1.84 bits per heavy atom. The second-order valence-corrected chi connectivity index (χ2v) is 3.83. The quantitative estimate of drug-likeness (QED) is 0.514. The third-order valence-electron chi connectivity index (χ3n) is 2.57. The lowest BCUT2D eigenvalue weighted by molar-refractivity contribution is 0.0200. The lowest BCUT2D eigenvalue weighted by Gasteiger charge is -2.36. The van der Waals surface area contributed by atoms with Crippen molar-refractivity contribution in [2.24, 2.45) is 0 Å². The van der Waals surface area contributed by atoms with E-state index in [1.807, 2.05) is 0 Å². The van der Waals surface area contributed by atoms with Crippen LogP contribution in [0.3, 0.4) is 0 Å². The molecule has 104 valence electrons. The molecule has 1 saturated heterocycles. The number of rotatable bonds is 2. The lowest BCUT2D eigenvalue weighted by atomic mass is 10.2. The van der Waals surface area contributed by atoms with Crippen LogP contribution in [0.25, 0.3) is 0 Å². The maximum Gasteiger partial charge on any atom is 0.407 e. The Bertz CT molecular complexity index is 515. The molecule has 1 heterocycles. The third-order valence-corrected chi connectivity index (χ3v) is 2.57. The lowest BCUT2D eigenvalue weighted by Crippen LogP contribution is -2.55. The molecule has 9 heteroatoms. The predicted octanol–water partition coefficient (Wildman–Crippen LogP) is 2.12. The molecule has 1 aliphatic heterocycles. The molecule has 1 amide bonds. The zero-order chi connectivity index (χ0) is 14.3. The Morgan fingerprint density at radius 1 is 1.00 bits per heavy atom. The number of carbonyl (C=O) groups is 1. The Kier molecular flexibility index (Phi) is 3.21. The number of ether oxygens (including phenoxy) is 1. The van der Waals surface area contributed by atoms with Crippen molar-refractivity contribution < 1.29 is 36.6 Å². The van der Waals surface area contributed by atoms with E-state index in [0.717, 1.165) is 4.90 Å². The number of carboxylic acid groups (broad SMARTS) is 1. The number of likely N-dealkylation sites (tertiary alicyclic amines) is 1. The van der Waals surface area contributed by atoms with Gasteiger partial charge in [-0.25, -0.2) is 18.0 Å². The molecule has 1 aromatic rings. The highest BCUT2D eigenvalue weighted by molar-refractivity contribution is 5.66. The maximum absolute atomic E-state index is 13.2. The van der Waals surface area contributed by atoms with Gasteiger partial charge in [-0.1, -0.05) is 0 Å². The van der Waals surface area contributed by atoms with Crippen LogP contribution >= 0.6 is 0 Å². The van der Waals surface area contributed by atoms with Gasteiger partial charge in [-0.15, -0.1) is 0 Å². The molecule has 1 N–H and O–H groups in total. The zero-order valence-electron chi connectivity index (χ0n) is 9.09. The zero-order valence-corrected chi connectivity index (χ0v) is 9.09. The first-order chi connectivity index (χ1) is 8.82. The minimum atomic E-state index is -2.27. The highest BCUT2D eigenvalue weighted by atomic mass is 19.2. The van der Waals surface area contributed by atoms with E-state index in [4.69, 9.17) is 5.11 Å². The largest absolute Gasteiger partial charge is 0.480 e. The van der Waals surface area contributed by atoms with Crippen LogP contribution in [0.15, 0.2) is 0 Å². The van der Waals surface area contributed by atoms with Crippen molar-refractivity contribution in [1.82, 2.24) is 4.90 Å². The summed E-state index contributed by atoms with van der Waals surface area (Å²) in [5.74, 6) is -12.0. The van der Waals surface area contributed by atoms with Gasteiger partial charge in [0.2, 0.25) is 29.1 Å². The van der Waals surface area contributed by atoms with E-state index in [2.05, 4.69) is 4.74 Å². The van der Waals surface area contributed by atoms with Crippen molar-refractivity contribution in [2.45, 2.75) is 6.10 Å². The average molecular weight is 283 g/mol. The fourth-order valence-corrected chi connectivity index (χ4v) is 1.52. The third kappa shape index (κ3) is 2.15. The summed E-state index contributed by atoms with van der Waals surface area (Å²) in [5.41, 5.74) is 0. The van der Waals surface area contributed by atoms with Crippen molar-refractivity contribution in [2.75, 3.05) is 13.1 Å². The molecular formula is C10H6F5NO3. The summed E-state index contributed by atoms with van der Waals surface area (Å²) >= 11 is 0. The first-order valence-electron chi connectivity index (χ1n) is 4.99. The summed E-state index contributed by atoms with van der Waals surface area (Å²) in [7, 11) is 0. The Balaban J connectivity index is 2.21. The minimum Gasteiger partial charge on any atom is -0.480 e. The van der Waals surface area contributed by atoms with Crippen LogP contribution in [-0.4, -0.2) is 35.3 Å². The monoisotopic (exact) mass is 283 g/mol. The molecule has 0 atom stereocenters. The number of hydrogen-bond acceptors (Lipinski definition) is 2. The first-order valence-corrected chi connectivity index (χ1v) is 4.99. The van der Waals surface area contributed by atoms with E-state index < -0.39 is 47.0 Å². The van der Waals surface area contributed by atoms with E-state index in [1.165, 1.54) is 0 Å². The van der Waals surface area contributed by atoms with Crippen LogP contribution in [0, 0.1) is 29.1 Å². The standard InChI is InChI=1S/C10H6F5NO3/c11-4-5(12)7(14)9(8(15)6(4)13)19-3-1-16(2-3)10(17)18/h3H,1-2H2,(H,17,18). The average Bonchev–Trinajstić information content (AvgIpc) is 2.31. The van der Waals surface area contributed by atoms with Gasteiger partial charge in [0.1, 0.15) is 6.10 Å². The van der Waals surface area contributed by atoms with Crippen LogP contribution in [0.1, 0.15) is 0 Å². The van der Waals surface area contributed by atoms with Gasteiger partial charge in [0, 0.05) is 0 Å². The number of halogens is 5. The van der Waals surface area contributed by atoms with Crippen LogP contribution in [-0.2, 0) is 0 Å². The minimum absolute atomic E-state index is 0.213. The molecule has 1 aliphatic rings. The molecule has 4 nitrogen and oxygen atoms in total. The molecule has 1 aromatic carbocycles. The fourth-order valence-electron chi connectivity index (χ4n) is 1.52. The number of amides is 1. The van der Waals surface area contributed by atoms with Crippen molar-refractivity contribution in [3.8, 4) is 5.75 Å². The highest BCUT2D eigenvalue weighted by Gasteiger charge is 2.35. The fraction of sp³-hybridized carbons (Fsp3) is 0.300. The van der Waals surface area contributed by atoms with Gasteiger partial charge in [-0.05, 0) is 0 Å². The smallest absolute Gasteiger partial charge is 0.407 e. The van der Waals surface area contributed by atoms with Crippen LogP contribution in [0.4, 0.5) is 26.7 Å². The number of benzene rings is 1. The van der Waals surface area contributed by atoms with Gasteiger partial charge in [-0.2, -0.15) is 8.78 Å². The topological polar surface area (TPSA) is 49.8 Å². The highest BCUT2D eigenvalue weighted by Crippen LogP contribution is 2.30. The molecule has 1 fully saturated rings. The predicted molar refractivity (Wildman–Crippen MR) is 50.2 cm³/mol. The van der Waals surface area contributed by atoms with Crippen molar-refractivity contribution >= 4 is 6.09 Å². The van der Waals surface area contributed by atoms with Crippen molar-refractivity contribution in [1.29, 1.82) is 0 Å². The summed E-state index contributed by atoms with van der Waals surface area (Å²) in [5, 5.41) is 8.50. The van der Waals surface area contributed by atoms with Gasteiger partial charge >= 0.3 is 6.09 Å². The molecular weight excluding hydrogens is 277 g/mol. The number of nitrogens with zero attached hydrogens (tertiary/aromatic N) is 1. The van der Waals surface area contributed by atoms with E-state index >= 15 is 0 Å². The maximum atomic E-state index is 13.2. The Morgan fingerprint density at radius 2 is 1.42 bits per heavy atom. The molecule has 0 bridgehead atoms. The molecule has 0 aromatic heterocycles. The van der Waals surface area contributed by atoms with E-state index in [1.54, 1.807) is 0 Å². The van der Waals surface area contributed by atoms with Crippen molar-refractivity contribution in [3.63, 3.8) is 0 Å². The second-order valence-electron chi connectivity index (χ2n) is 3.83. The Labute approximate surface area is 103 Å².